The van der Waals surface area contributed by atoms with E-state index in [4.69, 9.17) is 9.47 Å². The average Bonchev–Trinajstić information content (AvgIpc) is 2.10. The molecular formula is C10H16O2Si. The lowest BCUT2D eigenvalue weighted by atomic mass is 10.1. The highest BCUT2D eigenvalue weighted by molar-refractivity contribution is 6.34. The van der Waals surface area contributed by atoms with E-state index in [9.17, 15) is 0 Å². The van der Waals surface area contributed by atoms with Crippen molar-refractivity contribution in [2.45, 2.75) is 13.8 Å². The van der Waals surface area contributed by atoms with Gasteiger partial charge >= 0.3 is 0 Å². The van der Waals surface area contributed by atoms with Gasteiger partial charge in [0, 0.05) is 10.2 Å². The molecule has 0 aliphatic rings. The Morgan fingerprint density at radius 3 is 2.08 bits per heavy atom. The Kier molecular flexibility index (Phi) is 2.98. The van der Waals surface area contributed by atoms with Gasteiger partial charge in [-0.15, -0.1) is 0 Å². The van der Waals surface area contributed by atoms with Crippen LogP contribution in [0.3, 0.4) is 0 Å². The number of hydrogen-bond acceptors (Lipinski definition) is 2. The van der Waals surface area contributed by atoms with Gasteiger partial charge in [-0.3, -0.25) is 0 Å². The maximum atomic E-state index is 5.33. The van der Waals surface area contributed by atoms with Crippen molar-refractivity contribution in [3.05, 3.63) is 17.2 Å². The van der Waals surface area contributed by atoms with Crippen LogP contribution >= 0.6 is 0 Å². The minimum Gasteiger partial charge on any atom is -0.493 e. The highest BCUT2D eigenvalue weighted by atomic mass is 28.1. The van der Waals surface area contributed by atoms with Gasteiger partial charge in [-0.05, 0) is 30.2 Å². The first kappa shape index (κ1) is 10.1. The van der Waals surface area contributed by atoms with Crippen molar-refractivity contribution in [1.29, 1.82) is 0 Å². The van der Waals surface area contributed by atoms with Gasteiger partial charge in [0.25, 0.3) is 0 Å². The van der Waals surface area contributed by atoms with Crippen LogP contribution in [0, 0.1) is 13.8 Å². The lowest BCUT2D eigenvalue weighted by molar-refractivity contribution is 0.355. The van der Waals surface area contributed by atoms with Gasteiger partial charge in [-0.1, -0.05) is 6.07 Å². The van der Waals surface area contributed by atoms with Crippen LogP contribution in [0.25, 0.3) is 0 Å². The molecular weight excluding hydrogens is 180 g/mol. The molecule has 0 unspecified atom stereocenters. The maximum Gasteiger partial charge on any atom is 0.163 e. The molecule has 72 valence electrons. The van der Waals surface area contributed by atoms with Crippen LogP contribution < -0.4 is 14.7 Å². The molecule has 0 atom stereocenters. The second kappa shape index (κ2) is 3.83. The summed E-state index contributed by atoms with van der Waals surface area (Å²) in [4.78, 5) is 0. The van der Waals surface area contributed by atoms with Crippen molar-refractivity contribution in [3.8, 4) is 11.5 Å². The van der Waals surface area contributed by atoms with E-state index in [2.05, 4.69) is 19.9 Å². The third-order valence-electron chi connectivity index (χ3n) is 2.34. The number of rotatable bonds is 2. The van der Waals surface area contributed by atoms with Crippen molar-refractivity contribution in [2.75, 3.05) is 14.2 Å². The van der Waals surface area contributed by atoms with Crippen molar-refractivity contribution in [1.82, 2.24) is 0 Å². The number of methoxy groups -OCH3 is 2. The predicted octanol–water partition coefficient (Wildman–Crippen LogP) is 0.311. The van der Waals surface area contributed by atoms with E-state index in [-0.39, 0.29) is 0 Å². The fourth-order valence-corrected chi connectivity index (χ4v) is 2.39. The molecule has 2 nitrogen and oxygen atoms in total. The zero-order valence-electron chi connectivity index (χ0n) is 8.89. The summed E-state index contributed by atoms with van der Waals surface area (Å²) in [6.45, 7) is 4.15. The van der Waals surface area contributed by atoms with E-state index >= 15 is 0 Å². The quantitative estimate of drug-likeness (QED) is 0.634. The SMILES string of the molecule is COc1c([SiH3])cc(C)c(C)c1OC. The zero-order chi connectivity index (χ0) is 10.0. The van der Waals surface area contributed by atoms with E-state index < -0.39 is 0 Å². The summed E-state index contributed by atoms with van der Waals surface area (Å²) in [5, 5.41) is 1.25. The summed E-state index contributed by atoms with van der Waals surface area (Å²) in [7, 11) is 4.35. The fraction of sp³-hybridized carbons (Fsp3) is 0.400. The Bertz CT molecular complexity index is 321. The topological polar surface area (TPSA) is 18.5 Å². The Morgan fingerprint density at radius 2 is 1.62 bits per heavy atom. The van der Waals surface area contributed by atoms with Gasteiger partial charge in [0.1, 0.15) is 0 Å². The van der Waals surface area contributed by atoms with E-state index in [1.54, 1.807) is 14.2 Å². The molecule has 0 aliphatic heterocycles. The summed E-state index contributed by atoms with van der Waals surface area (Å²) in [6.07, 6.45) is 0. The molecule has 0 heterocycles. The lowest BCUT2D eigenvalue weighted by Gasteiger charge is -2.14. The molecule has 1 aromatic rings. The molecule has 13 heavy (non-hydrogen) atoms. The highest BCUT2D eigenvalue weighted by Gasteiger charge is 2.11. The van der Waals surface area contributed by atoms with Crippen molar-refractivity contribution >= 4 is 15.4 Å². The largest absolute Gasteiger partial charge is 0.493 e. The summed E-state index contributed by atoms with van der Waals surface area (Å²) >= 11 is 0. The van der Waals surface area contributed by atoms with Gasteiger partial charge in [-0.2, -0.15) is 0 Å². The fourth-order valence-electron chi connectivity index (χ4n) is 1.53. The molecule has 0 aliphatic carbocycles. The van der Waals surface area contributed by atoms with Crippen LogP contribution in [0.4, 0.5) is 0 Å². The standard InChI is InChI=1S/C10H16O2Si/c1-6-5-8(13)10(12-4)9(11-3)7(6)2/h5H,1-4,13H3. The zero-order valence-corrected chi connectivity index (χ0v) is 10.9. The summed E-state index contributed by atoms with van der Waals surface area (Å²) < 4.78 is 10.6. The van der Waals surface area contributed by atoms with Crippen LogP contribution in [0.5, 0.6) is 11.5 Å². The molecule has 0 saturated carbocycles. The summed E-state index contributed by atoms with van der Waals surface area (Å²) in [5.41, 5.74) is 2.43. The number of benzene rings is 1. The number of hydrogen-bond donors (Lipinski definition) is 0. The molecule has 1 rings (SSSR count). The number of aryl methyl sites for hydroxylation is 1. The van der Waals surface area contributed by atoms with E-state index in [1.807, 2.05) is 0 Å². The minimum absolute atomic E-state index is 0.882. The van der Waals surface area contributed by atoms with Gasteiger partial charge in [0.05, 0.1) is 14.2 Å². The smallest absolute Gasteiger partial charge is 0.163 e. The molecule has 0 N–H and O–H groups in total. The van der Waals surface area contributed by atoms with Crippen LogP contribution in [-0.4, -0.2) is 24.5 Å². The number of ether oxygens (including phenoxy) is 2. The predicted molar refractivity (Wildman–Crippen MR) is 58.6 cm³/mol. The van der Waals surface area contributed by atoms with Crippen LogP contribution in [0.2, 0.25) is 0 Å². The van der Waals surface area contributed by atoms with Crippen molar-refractivity contribution < 1.29 is 9.47 Å². The Hall–Kier alpha value is -0.963. The third-order valence-corrected chi connectivity index (χ3v) is 3.08. The Labute approximate surface area is 82.3 Å². The Morgan fingerprint density at radius 1 is 1.08 bits per heavy atom. The van der Waals surface area contributed by atoms with Crippen molar-refractivity contribution in [3.63, 3.8) is 0 Å². The minimum atomic E-state index is 0.882. The average molecular weight is 196 g/mol. The highest BCUT2D eigenvalue weighted by Crippen LogP contribution is 2.30. The first-order valence-electron chi connectivity index (χ1n) is 4.30. The van der Waals surface area contributed by atoms with E-state index in [0.717, 1.165) is 21.7 Å². The lowest BCUT2D eigenvalue weighted by Crippen LogP contribution is -2.11. The monoisotopic (exact) mass is 196 g/mol. The normalized spacial score (nSPS) is 10.2. The third kappa shape index (κ3) is 1.70. The van der Waals surface area contributed by atoms with Crippen molar-refractivity contribution in [2.24, 2.45) is 0 Å². The van der Waals surface area contributed by atoms with Crippen LogP contribution in [-0.2, 0) is 0 Å². The second-order valence-corrected chi connectivity index (χ2v) is 4.28. The summed E-state index contributed by atoms with van der Waals surface area (Å²) in [6, 6.07) is 2.17. The maximum absolute atomic E-state index is 5.33. The van der Waals surface area contributed by atoms with E-state index in [0.29, 0.717) is 0 Å². The molecule has 0 aromatic heterocycles. The first-order chi connectivity index (χ1) is 6.11. The molecule has 0 bridgehead atoms. The molecule has 0 fully saturated rings. The van der Waals surface area contributed by atoms with Crippen LogP contribution in [0.1, 0.15) is 11.1 Å². The second-order valence-electron chi connectivity index (χ2n) is 3.20. The molecule has 0 radical (unpaired) electrons. The van der Waals surface area contributed by atoms with Gasteiger partial charge in [0.15, 0.2) is 11.5 Å². The molecule has 0 spiro atoms. The van der Waals surface area contributed by atoms with E-state index in [1.165, 1.54) is 16.3 Å². The van der Waals surface area contributed by atoms with Gasteiger partial charge in [-0.25, -0.2) is 0 Å². The molecule has 0 saturated heterocycles. The molecule has 1 aromatic carbocycles. The molecule has 0 amide bonds. The molecule has 3 heteroatoms. The van der Waals surface area contributed by atoms with Gasteiger partial charge < -0.3 is 9.47 Å². The first-order valence-corrected chi connectivity index (χ1v) is 5.30. The van der Waals surface area contributed by atoms with Gasteiger partial charge in [0.2, 0.25) is 0 Å². The summed E-state index contributed by atoms with van der Waals surface area (Å²) in [5.74, 6) is 1.78. The Balaban J connectivity index is 3.41. The van der Waals surface area contributed by atoms with Crippen LogP contribution in [0.15, 0.2) is 6.07 Å².